The highest BCUT2D eigenvalue weighted by Crippen LogP contribution is 2.06. The molecule has 16 heavy (non-hydrogen) atoms. The molecule has 0 saturated heterocycles. The molecule has 1 amide bonds. The Morgan fingerprint density at radius 2 is 1.88 bits per heavy atom. The molecule has 0 heterocycles. The first-order valence-corrected chi connectivity index (χ1v) is 5.95. The second kappa shape index (κ2) is 8.12. The van der Waals surface area contributed by atoms with Crippen LogP contribution in [-0.4, -0.2) is 48.4 Å². The molecule has 0 aliphatic carbocycles. The number of nitrogens with zero attached hydrogens (tertiary/aromatic N) is 3. The number of hydrogen-bond acceptors (Lipinski definition) is 3. The lowest BCUT2D eigenvalue weighted by atomic mass is 10.1. The van der Waals surface area contributed by atoms with E-state index < -0.39 is 0 Å². The predicted octanol–water partition coefficient (Wildman–Crippen LogP) is 1.48. The van der Waals surface area contributed by atoms with Gasteiger partial charge in [-0.05, 0) is 27.3 Å². The van der Waals surface area contributed by atoms with Crippen molar-refractivity contribution in [2.75, 3.05) is 26.7 Å². The maximum Gasteiger partial charge on any atom is 0.236 e. The molecule has 1 unspecified atom stereocenters. The number of amides is 1. The predicted molar refractivity (Wildman–Crippen MR) is 64.9 cm³/mol. The standard InChI is InChI=1S/C12H23N3O/c1-5-11(8-9-13)14(4)10-12(16)15(6-2)7-3/h11H,5-8,10H2,1-4H3. The molecule has 0 fully saturated rings. The highest BCUT2D eigenvalue weighted by molar-refractivity contribution is 5.78. The van der Waals surface area contributed by atoms with Crippen molar-refractivity contribution in [3.8, 4) is 6.07 Å². The minimum atomic E-state index is 0.142. The van der Waals surface area contributed by atoms with E-state index in [4.69, 9.17) is 5.26 Å². The monoisotopic (exact) mass is 225 g/mol. The Morgan fingerprint density at radius 3 is 2.25 bits per heavy atom. The maximum absolute atomic E-state index is 11.8. The second-order valence-corrected chi connectivity index (χ2v) is 3.91. The fourth-order valence-electron chi connectivity index (χ4n) is 1.74. The first-order valence-electron chi connectivity index (χ1n) is 5.95. The molecule has 1 atom stereocenters. The third kappa shape index (κ3) is 4.63. The number of hydrogen-bond donors (Lipinski definition) is 0. The molecule has 4 heteroatoms. The van der Waals surface area contributed by atoms with Gasteiger partial charge < -0.3 is 4.90 Å². The van der Waals surface area contributed by atoms with Gasteiger partial charge in [0.15, 0.2) is 0 Å². The summed E-state index contributed by atoms with van der Waals surface area (Å²) in [5.41, 5.74) is 0. The highest BCUT2D eigenvalue weighted by atomic mass is 16.2. The molecule has 0 N–H and O–H groups in total. The van der Waals surface area contributed by atoms with Crippen LogP contribution in [-0.2, 0) is 4.79 Å². The summed E-state index contributed by atoms with van der Waals surface area (Å²) in [5, 5.41) is 8.68. The van der Waals surface area contributed by atoms with Crippen molar-refractivity contribution in [1.82, 2.24) is 9.80 Å². The molecule has 0 aromatic rings. The molecule has 4 nitrogen and oxygen atoms in total. The third-order valence-electron chi connectivity index (χ3n) is 2.92. The van der Waals surface area contributed by atoms with Crippen LogP contribution in [0.2, 0.25) is 0 Å². The number of rotatable bonds is 7. The van der Waals surface area contributed by atoms with E-state index in [1.165, 1.54) is 0 Å². The molecule has 0 spiro atoms. The van der Waals surface area contributed by atoms with Crippen LogP contribution in [0, 0.1) is 11.3 Å². The van der Waals surface area contributed by atoms with Crippen LogP contribution in [0.25, 0.3) is 0 Å². The molecular formula is C12H23N3O. The molecular weight excluding hydrogens is 202 g/mol. The third-order valence-corrected chi connectivity index (χ3v) is 2.92. The van der Waals surface area contributed by atoms with E-state index in [1.54, 1.807) is 0 Å². The largest absolute Gasteiger partial charge is 0.342 e. The lowest BCUT2D eigenvalue weighted by Crippen LogP contribution is -2.42. The summed E-state index contributed by atoms with van der Waals surface area (Å²) < 4.78 is 0. The maximum atomic E-state index is 11.8. The summed E-state index contributed by atoms with van der Waals surface area (Å²) in [6.45, 7) is 7.90. The molecule has 92 valence electrons. The van der Waals surface area contributed by atoms with Crippen LogP contribution in [0.5, 0.6) is 0 Å². The first kappa shape index (κ1) is 14.9. The Morgan fingerprint density at radius 1 is 1.31 bits per heavy atom. The van der Waals surface area contributed by atoms with Gasteiger partial charge in [0.25, 0.3) is 0 Å². The van der Waals surface area contributed by atoms with E-state index in [0.717, 1.165) is 19.5 Å². The van der Waals surface area contributed by atoms with E-state index in [9.17, 15) is 4.79 Å². The zero-order chi connectivity index (χ0) is 12.6. The van der Waals surface area contributed by atoms with Crippen molar-refractivity contribution in [3.05, 3.63) is 0 Å². The normalized spacial score (nSPS) is 12.2. The van der Waals surface area contributed by atoms with Gasteiger partial charge >= 0.3 is 0 Å². The Labute approximate surface area is 98.8 Å². The van der Waals surface area contributed by atoms with Gasteiger partial charge in [0.05, 0.1) is 19.0 Å². The van der Waals surface area contributed by atoms with Gasteiger partial charge in [0, 0.05) is 19.1 Å². The number of likely N-dealkylation sites (N-methyl/N-ethyl adjacent to an activating group) is 2. The van der Waals surface area contributed by atoms with Crippen LogP contribution >= 0.6 is 0 Å². The average molecular weight is 225 g/mol. The topological polar surface area (TPSA) is 47.3 Å². The number of carbonyl (C=O) groups is 1. The molecule has 0 saturated carbocycles. The number of carbonyl (C=O) groups excluding carboxylic acids is 1. The lowest BCUT2D eigenvalue weighted by Gasteiger charge is -2.27. The van der Waals surface area contributed by atoms with Gasteiger partial charge in [0.2, 0.25) is 5.91 Å². The highest BCUT2D eigenvalue weighted by Gasteiger charge is 2.17. The van der Waals surface area contributed by atoms with E-state index in [-0.39, 0.29) is 11.9 Å². The van der Waals surface area contributed by atoms with E-state index in [2.05, 4.69) is 6.07 Å². The second-order valence-electron chi connectivity index (χ2n) is 3.91. The van der Waals surface area contributed by atoms with E-state index >= 15 is 0 Å². The number of nitriles is 1. The Bertz CT molecular complexity index is 243. The van der Waals surface area contributed by atoms with Crippen molar-refractivity contribution >= 4 is 5.91 Å². The van der Waals surface area contributed by atoms with Gasteiger partial charge in [-0.2, -0.15) is 5.26 Å². The Hall–Kier alpha value is -1.08. The molecule has 0 aromatic heterocycles. The van der Waals surface area contributed by atoms with Gasteiger partial charge in [-0.3, -0.25) is 9.69 Å². The SMILES string of the molecule is CCC(CC#N)N(C)CC(=O)N(CC)CC. The summed E-state index contributed by atoms with van der Waals surface area (Å²) in [6, 6.07) is 2.35. The fourth-order valence-corrected chi connectivity index (χ4v) is 1.74. The molecule has 0 aliphatic heterocycles. The molecule has 0 radical (unpaired) electrons. The molecule has 0 bridgehead atoms. The first-order chi connectivity index (χ1) is 7.60. The van der Waals surface area contributed by atoms with Crippen LogP contribution in [0.15, 0.2) is 0 Å². The van der Waals surface area contributed by atoms with Crippen LogP contribution in [0.4, 0.5) is 0 Å². The van der Waals surface area contributed by atoms with Gasteiger partial charge in [-0.1, -0.05) is 6.92 Å². The molecule has 0 rings (SSSR count). The van der Waals surface area contributed by atoms with Gasteiger partial charge in [-0.15, -0.1) is 0 Å². The summed E-state index contributed by atoms with van der Waals surface area (Å²) in [4.78, 5) is 15.6. The van der Waals surface area contributed by atoms with Crippen molar-refractivity contribution in [2.45, 2.75) is 39.7 Å². The van der Waals surface area contributed by atoms with Crippen molar-refractivity contribution in [3.63, 3.8) is 0 Å². The zero-order valence-corrected chi connectivity index (χ0v) is 10.9. The van der Waals surface area contributed by atoms with Gasteiger partial charge in [0.1, 0.15) is 0 Å². The van der Waals surface area contributed by atoms with Crippen LogP contribution in [0.3, 0.4) is 0 Å². The van der Waals surface area contributed by atoms with Crippen molar-refractivity contribution in [1.29, 1.82) is 5.26 Å². The lowest BCUT2D eigenvalue weighted by molar-refractivity contribution is -0.132. The van der Waals surface area contributed by atoms with E-state index in [0.29, 0.717) is 13.0 Å². The summed E-state index contributed by atoms with van der Waals surface area (Å²) in [6.07, 6.45) is 1.38. The summed E-state index contributed by atoms with van der Waals surface area (Å²) in [7, 11) is 1.91. The van der Waals surface area contributed by atoms with Gasteiger partial charge in [-0.25, -0.2) is 0 Å². The minimum Gasteiger partial charge on any atom is -0.342 e. The van der Waals surface area contributed by atoms with Crippen LogP contribution < -0.4 is 0 Å². The van der Waals surface area contributed by atoms with Crippen molar-refractivity contribution in [2.24, 2.45) is 0 Å². The zero-order valence-electron chi connectivity index (χ0n) is 10.9. The average Bonchev–Trinajstić information content (AvgIpc) is 2.27. The summed E-state index contributed by atoms with van der Waals surface area (Å²) in [5.74, 6) is 0.142. The smallest absolute Gasteiger partial charge is 0.236 e. The fraction of sp³-hybridized carbons (Fsp3) is 0.833. The van der Waals surface area contributed by atoms with Crippen LogP contribution in [0.1, 0.15) is 33.6 Å². The van der Waals surface area contributed by atoms with E-state index in [1.807, 2.05) is 37.6 Å². The Balaban J connectivity index is 4.26. The molecule has 0 aromatic carbocycles. The summed E-state index contributed by atoms with van der Waals surface area (Å²) >= 11 is 0. The minimum absolute atomic E-state index is 0.142. The quantitative estimate of drug-likeness (QED) is 0.659. The Kier molecular flexibility index (Phi) is 7.57. The molecule has 0 aliphatic rings. The van der Waals surface area contributed by atoms with Crippen molar-refractivity contribution < 1.29 is 4.79 Å².